The van der Waals surface area contributed by atoms with Crippen LogP contribution in [0.15, 0.2) is 42.6 Å². The molecule has 0 aliphatic carbocycles. The summed E-state index contributed by atoms with van der Waals surface area (Å²) in [4.78, 5) is 0. The van der Waals surface area contributed by atoms with Crippen molar-refractivity contribution < 1.29 is 39.9 Å². The number of rotatable bonds is 4. The number of aromatic nitrogens is 2. The first-order valence-electron chi connectivity index (χ1n) is 7.63. The number of nitrogens with zero attached hydrogens (tertiary/aromatic N) is 2. The van der Waals surface area contributed by atoms with Gasteiger partial charge < -0.3 is 4.74 Å². The molecule has 0 radical (unpaired) electrons. The lowest BCUT2D eigenvalue weighted by Crippen LogP contribution is -2.20. The molecule has 0 saturated carbocycles. The summed E-state index contributed by atoms with van der Waals surface area (Å²) in [6.07, 6.45) is -11.5. The zero-order chi connectivity index (χ0) is 20.7. The largest absolute Gasteiger partial charge is 0.483 e. The predicted octanol–water partition coefficient (Wildman–Crippen LogP) is 5.90. The number of fused-ring (bicyclic) bond motifs is 1. The molecule has 2 heterocycles. The molecule has 0 amide bonds. The normalized spacial score (nSPS) is 12.8. The molecule has 0 N–H and O–H groups in total. The van der Waals surface area contributed by atoms with E-state index in [-0.39, 0.29) is 16.6 Å². The van der Waals surface area contributed by atoms with Gasteiger partial charge in [0.25, 0.3) is 6.43 Å². The van der Waals surface area contributed by atoms with Crippen molar-refractivity contribution >= 4 is 5.52 Å². The summed E-state index contributed by atoms with van der Waals surface area (Å²) < 4.78 is 108. The summed E-state index contributed by atoms with van der Waals surface area (Å²) in [5.74, 6) is -1.05. The average molecular weight is 410 g/mol. The van der Waals surface area contributed by atoms with E-state index in [1.54, 1.807) is 0 Å². The Kier molecular flexibility index (Phi) is 4.94. The van der Waals surface area contributed by atoms with Gasteiger partial charge in [-0.05, 0) is 41.5 Å². The van der Waals surface area contributed by atoms with Crippen molar-refractivity contribution in [2.75, 3.05) is 6.61 Å². The van der Waals surface area contributed by atoms with Crippen LogP contribution in [0.2, 0.25) is 0 Å². The van der Waals surface area contributed by atoms with E-state index in [4.69, 9.17) is 0 Å². The first kappa shape index (κ1) is 19.9. The molecule has 0 unspecified atom stereocenters. The highest BCUT2D eigenvalue weighted by Gasteiger charge is 2.36. The van der Waals surface area contributed by atoms with Crippen molar-refractivity contribution in [3.8, 4) is 16.9 Å². The Labute approximate surface area is 152 Å². The third-order valence-electron chi connectivity index (χ3n) is 3.76. The highest BCUT2D eigenvalue weighted by molar-refractivity contribution is 5.71. The van der Waals surface area contributed by atoms with Gasteiger partial charge in [0.1, 0.15) is 11.4 Å². The molecule has 11 heteroatoms. The topological polar surface area (TPSA) is 26.5 Å². The molecule has 0 spiro atoms. The van der Waals surface area contributed by atoms with Crippen molar-refractivity contribution in [2.24, 2.45) is 0 Å². The van der Waals surface area contributed by atoms with Crippen molar-refractivity contribution in [1.29, 1.82) is 0 Å². The zero-order valence-corrected chi connectivity index (χ0v) is 13.7. The van der Waals surface area contributed by atoms with E-state index in [0.29, 0.717) is 6.07 Å². The molecule has 1 aromatic carbocycles. The molecule has 0 bridgehead atoms. The number of alkyl halides is 8. The quantitative estimate of drug-likeness (QED) is 0.501. The standard InChI is InChI=1S/C17H10F8N2O/c18-15(19)13-6-10(5-11-3-4-26-27(11)13)9-1-2-12(17(23,24)25)14(7-9)28-8-16(20,21)22/h1-7,15H,8H2. The van der Waals surface area contributed by atoms with Crippen LogP contribution in [0, 0.1) is 0 Å². The maximum Gasteiger partial charge on any atom is 0.422 e. The van der Waals surface area contributed by atoms with Crippen LogP contribution in [0.4, 0.5) is 35.1 Å². The van der Waals surface area contributed by atoms with Gasteiger partial charge in [-0.2, -0.15) is 31.4 Å². The van der Waals surface area contributed by atoms with Crippen LogP contribution < -0.4 is 4.74 Å². The monoisotopic (exact) mass is 410 g/mol. The Bertz CT molecular complexity index is 991. The Balaban J connectivity index is 2.11. The van der Waals surface area contributed by atoms with Crippen molar-refractivity contribution in [1.82, 2.24) is 9.61 Å². The van der Waals surface area contributed by atoms with Crippen LogP contribution in [0.25, 0.3) is 16.6 Å². The van der Waals surface area contributed by atoms with Crippen molar-refractivity contribution in [2.45, 2.75) is 18.8 Å². The summed E-state index contributed by atoms with van der Waals surface area (Å²) in [6.45, 7) is -1.93. The predicted molar refractivity (Wildman–Crippen MR) is 82.1 cm³/mol. The molecular formula is C17H10F8N2O. The SMILES string of the molecule is FC(F)c1cc(-c2ccc(C(F)(F)F)c(OCC(F)(F)F)c2)cc2ccnn12. The van der Waals surface area contributed by atoms with Crippen LogP contribution in [-0.2, 0) is 6.18 Å². The second-order valence-corrected chi connectivity index (χ2v) is 5.75. The molecule has 2 aromatic heterocycles. The number of benzene rings is 1. The second kappa shape index (κ2) is 6.95. The third kappa shape index (κ3) is 4.18. The summed E-state index contributed by atoms with van der Waals surface area (Å²) in [6, 6.07) is 6.03. The van der Waals surface area contributed by atoms with Gasteiger partial charge in [0.2, 0.25) is 0 Å². The van der Waals surface area contributed by atoms with Gasteiger partial charge in [-0.3, -0.25) is 0 Å². The summed E-state index contributed by atoms with van der Waals surface area (Å²) in [7, 11) is 0. The molecule has 3 nitrogen and oxygen atoms in total. The molecule has 0 fully saturated rings. The first-order valence-corrected chi connectivity index (χ1v) is 7.63. The molecular weight excluding hydrogens is 400 g/mol. The number of ether oxygens (including phenoxy) is 1. The van der Waals surface area contributed by atoms with Crippen molar-refractivity contribution in [3.05, 3.63) is 53.9 Å². The van der Waals surface area contributed by atoms with Gasteiger partial charge in [0.05, 0.1) is 11.1 Å². The molecule has 3 aromatic rings. The van der Waals surface area contributed by atoms with E-state index in [2.05, 4.69) is 9.84 Å². The van der Waals surface area contributed by atoms with Crippen LogP contribution in [0.1, 0.15) is 17.7 Å². The molecule has 0 saturated heterocycles. The van der Waals surface area contributed by atoms with E-state index in [1.807, 2.05) is 0 Å². The van der Waals surface area contributed by atoms with Crippen LogP contribution in [0.5, 0.6) is 5.75 Å². The highest BCUT2D eigenvalue weighted by Crippen LogP contribution is 2.39. The fraction of sp³-hybridized carbons (Fsp3) is 0.235. The van der Waals surface area contributed by atoms with Gasteiger partial charge in [0.15, 0.2) is 6.61 Å². The lowest BCUT2D eigenvalue weighted by molar-refractivity contribution is -0.158. The van der Waals surface area contributed by atoms with Crippen molar-refractivity contribution in [3.63, 3.8) is 0 Å². The highest BCUT2D eigenvalue weighted by atomic mass is 19.4. The number of halogens is 8. The maximum atomic E-state index is 13.3. The second-order valence-electron chi connectivity index (χ2n) is 5.75. The van der Waals surface area contributed by atoms with Gasteiger partial charge >= 0.3 is 12.4 Å². The minimum atomic E-state index is -4.96. The van der Waals surface area contributed by atoms with Crippen LogP contribution >= 0.6 is 0 Å². The van der Waals surface area contributed by atoms with E-state index in [0.717, 1.165) is 22.7 Å². The first-order chi connectivity index (χ1) is 13.0. The third-order valence-corrected chi connectivity index (χ3v) is 3.76. The average Bonchev–Trinajstić information content (AvgIpc) is 3.05. The fourth-order valence-corrected chi connectivity index (χ4v) is 2.60. The van der Waals surface area contributed by atoms with Crippen LogP contribution in [-0.4, -0.2) is 22.4 Å². The molecule has 28 heavy (non-hydrogen) atoms. The Morgan fingerprint density at radius 3 is 2.25 bits per heavy atom. The Morgan fingerprint density at radius 2 is 1.64 bits per heavy atom. The van der Waals surface area contributed by atoms with Gasteiger partial charge in [0, 0.05) is 6.20 Å². The number of hydrogen-bond acceptors (Lipinski definition) is 2. The minimum absolute atomic E-state index is 0.0178. The lowest BCUT2D eigenvalue weighted by Gasteiger charge is -2.17. The van der Waals surface area contributed by atoms with E-state index in [9.17, 15) is 35.1 Å². The van der Waals surface area contributed by atoms with Gasteiger partial charge in [-0.25, -0.2) is 13.3 Å². The van der Waals surface area contributed by atoms with Crippen LogP contribution in [0.3, 0.4) is 0 Å². The number of hydrogen-bond donors (Lipinski definition) is 0. The maximum absolute atomic E-state index is 13.3. The van der Waals surface area contributed by atoms with Gasteiger partial charge in [-0.15, -0.1) is 0 Å². The Hall–Kier alpha value is -2.85. The smallest absolute Gasteiger partial charge is 0.422 e. The number of pyridine rings is 1. The minimum Gasteiger partial charge on any atom is -0.483 e. The molecule has 0 aliphatic rings. The fourth-order valence-electron chi connectivity index (χ4n) is 2.60. The van der Waals surface area contributed by atoms with E-state index < -0.39 is 42.4 Å². The summed E-state index contributed by atoms with van der Waals surface area (Å²) in [5.41, 5.74) is -1.62. The van der Waals surface area contributed by atoms with E-state index >= 15 is 0 Å². The van der Waals surface area contributed by atoms with Gasteiger partial charge in [-0.1, -0.05) is 6.07 Å². The molecule has 0 aliphatic heterocycles. The summed E-state index contributed by atoms with van der Waals surface area (Å²) >= 11 is 0. The lowest BCUT2D eigenvalue weighted by atomic mass is 10.0. The molecule has 150 valence electrons. The zero-order valence-electron chi connectivity index (χ0n) is 13.7. The summed E-state index contributed by atoms with van der Waals surface area (Å²) in [5, 5.41) is 3.73. The molecule has 3 rings (SSSR count). The van der Waals surface area contributed by atoms with E-state index in [1.165, 1.54) is 18.3 Å². The Morgan fingerprint density at radius 1 is 0.929 bits per heavy atom. The molecule has 0 atom stereocenters.